The van der Waals surface area contributed by atoms with Gasteiger partial charge in [-0.25, -0.2) is 13.4 Å². The van der Waals surface area contributed by atoms with E-state index in [4.69, 9.17) is 4.74 Å². The van der Waals surface area contributed by atoms with E-state index in [1.165, 1.54) is 7.11 Å². The summed E-state index contributed by atoms with van der Waals surface area (Å²) in [5, 5.41) is 0. The average molecular weight is 363 g/mol. The Bertz CT molecular complexity index is 845. The van der Waals surface area contributed by atoms with Crippen LogP contribution in [0.3, 0.4) is 0 Å². The van der Waals surface area contributed by atoms with Crippen LogP contribution in [0.5, 0.6) is 5.75 Å². The molecule has 0 amide bonds. The topological polar surface area (TPSA) is 64.4 Å². The first kappa shape index (κ1) is 17.9. The first-order valence-electron chi connectivity index (χ1n) is 8.63. The largest absolute Gasteiger partial charge is 0.495 e. The Kier molecular flexibility index (Phi) is 5.15. The highest BCUT2D eigenvalue weighted by Gasteiger charge is 2.34. The highest BCUT2D eigenvalue weighted by molar-refractivity contribution is 7.89. The van der Waals surface area contributed by atoms with Gasteiger partial charge in [-0.3, -0.25) is 0 Å². The summed E-state index contributed by atoms with van der Waals surface area (Å²) in [4.78, 5) is 4.70. The van der Waals surface area contributed by atoms with Gasteiger partial charge in [0.25, 0.3) is 0 Å². The van der Waals surface area contributed by atoms with Gasteiger partial charge in [-0.1, -0.05) is 6.07 Å². The van der Waals surface area contributed by atoms with Crippen LogP contribution in [-0.2, 0) is 16.6 Å². The van der Waals surface area contributed by atoms with Crippen LogP contribution in [-0.4, -0.2) is 42.5 Å². The van der Waals surface area contributed by atoms with Gasteiger partial charge in [-0.2, -0.15) is 4.31 Å². The van der Waals surface area contributed by atoms with Crippen molar-refractivity contribution in [3.63, 3.8) is 0 Å². The summed E-state index contributed by atoms with van der Waals surface area (Å²) in [5.41, 5.74) is 0.970. The minimum atomic E-state index is -3.59. The van der Waals surface area contributed by atoms with Gasteiger partial charge < -0.3 is 9.30 Å². The minimum Gasteiger partial charge on any atom is -0.495 e. The van der Waals surface area contributed by atoms with Crippen LogP contribution >= 0.6 is 0 Å². The van der Waals surface area contributed by atoms with Crippen LogP contribution in [0.15, 0.2) is 35.5 Å². The minimum absolute atomic E-state index is 0.120. The molecule has 2 aromatic rings. The normalized spacial score (nSPS) is 19.1. The van der Waals surface area contributed by atoms with Gasteiger partial charge in [-0.15, -0.1) is 0 Å². The van der Waals surface area contributed by atoms with Gasteiger partial charge in [-0.05, 0) is 44.4 Å². The molecule has 1 unspecified atom stereocenters. The molecule has 1 aromatic carbocycles. The van der Waals surface area contributed by atoms with Crippen molar-refractivity contribution in [1.29, 1.82) is 0 Å². The highest BCUT2D eigenvalue weighted by atomic mass is 32.2. The lowest BCUT2D eigenvalue weighted by Crippen LogP contribution is -2.39. The van der Waals surface area contributed by atoms with Crippen molar-refractivity contribution < 1.29 is 13.2 Å². The number of nitrogens with zero attached hydrogens (tertiary/aromatic N) is 3. The predicted octanol–water partition coefficient (Wildman–Crippen LogP) is 2.79. The number of sulfonamides is 1. The molecule has 136 valence electrons. The van der Waals surface area contributed by atoms with Crippen molar-refractivity contribution in [3.05, 3.63) is 42.0 Å². The van der Waals surface area contributed by atoms with E-state index in [2.05, 4.69) is 16.5 Å². The van der Waals surface area contributed by atoms with Crippen molar-refractivity contribution in [2.45, 2.75) is 44.0 Å². The molecular weight excluding hydrogens is 338 g/mol. The van der Waals surface area contributed by atoms with E-state index in [-0.39, 0.29) is 10.8 Å². The van der Waals surface area contributed by atoms with Crippen LogP contribution in [0.1, 0.15) is 37.1 Å². The van der Waals surface area contributed by atoms with Gasteiger partial charge in [0.1, 0.15) is 16.5 Å². The smallest absolute Gasteiger partial charge is 0.246 e. The van der Waals surface area contributed by atoms with Gasteiger partial charge in [0.15, 0.2) is 0 Å². The number of piperidine rings is 1. The number of benzene rings is 1. The third kappa shape index (κ3) is 3.43. The van der Waals surface area contributed by atoms with Crippen molar-refractivity contribution in [3.8, 4) is 5.75 Å². The van der Waals surface area contributed by atoms with Crippen LogP contribution < -0.4 is 4.74 Å². The SMILES string of the molecule is CCn1ccnc1C1CCCN(S(=O)(=O)c2ccc(C)cc2OC)C1. The number of hydrogen-bond donors (Lipinski definition) is 0. The Morgan fingerprint density at radius 3 is 2.88 bits per heavy atom. The second-order valence-corrected chi connectivity index (χ2v) is 8.33. The fourth-order valence-electron chi connectivity index (χ4n) is 3.45. The maximum absolute atomic E-state index is 13.2. The maximum atomic E-state index is 13.2. The lowest BCUT2D eigenvalue weighted by Gasteiger charge is -2.32. The zero-order valence-corrected chi connectivity index (χ0v) is 15.8. The second-order valence-electron chi connectivity index (χ2n) is 6.43. The van der Waals surface area contributed by atoms with Gasteiger partial charge >= 0.3 is 0 Å². The summed E-state index contributed by atoms with van der Waals surface area (Å²) in [6.45, 7) is 5.81. The standard InChI is InChI=1S/C18H25N3O3S/c1-4-20-11-9-19-18(20)15-6-5-10-21(13-15)25(22,23)17-8-7-14(2)12-16(17)24-3/h7-9,11-12,15H,4-6,10,13H2,1-3H3. The van der Waals surface area contributed by atoms with Gasteiger partial charge in [0.05, 0.1) is 7.11 Å². The molecule has 0 radical (unpaired) electrons. The molecule has 25 heavy (non-hydrogen) atoms. The molecular formula is C18H25N3O3S. The summed E-state index contributed by atoms with van der Waals surface area (Å²) in [6, 6.07) is 5.21. The third-order valence-corrected chi connectivity index (χ3v) is 6.68. The first-order valence-corrected chi connectivity index (χ1v) is 10.1. The van der Waals surface area contributed by atoms with Crippen LogP contribution in [0, 0.1) is 6.92 Å². The fraction of sp³-hybridized carbons (Fsp3) is 0.500. The molecule has 2 heterocycles. The summed E-state index contributed by atoms with van der Waals surface area (Å²) in [7, 11) is -2.09. The van der Waals surface area contributed by atoms with E-state index < -0.39 is 10.0 Å². The molecule has 0 bridgehead atoms. The first-order chi connectivity index (χ1) is 12.0. The number of imidazole rings is 1. The number of aryl methyl sites for hydroxylation is 2. The predicted molar refractivity (Wildman–Crippen MR) is 96.4 cm³/mol. The van der Waals surface area contributed by atoms with Crippen LogP contribution in [0.25, 0.3) is 0 Å². The van der Waals surface area contributed by atoms with Crippen LogP contribution in [0.4, 0.5) is 0 Å². The Morgan fingerprint density at radius 2 is 2.16 bits per heavy atom. The molecule has 1 fully saturated rings. The number of aromatic nitrogens is 2. The van der Waals surface area contributed by atoms with E-state index in [1.54, 1.807) is 28.7 Å². The Hall–Kier alpha value is -1.86. The van der Waals surface area contributed by atoms with Crippen LogP contribution in [0.2, 0.25) is 0 Å². The van der Waals surface area contributed by atoms with E-state index in [1.807, 2.05) is 13.1 Å². The molecule has 1 aliphatic rings. The molecule has 1 saturated heterocycles. The van der Waals surface area contributed by atoms with Crippen molar-refractivity contribution in [2.24, 2.45) is 0 Å². The molecule has 7 heteroatoms. The van der Waals surface area contributed by atoms with E-state index in [9.17, 15) is 8.42 Å². The zero-order valence-electron chi connectivity index (χ0n) is 15.0. The van der Waals surface area contributed by atoms with E-state index >= 15 is 0 Å². The Balaban J connectivity index is 1.90. The van der Waals surface area contributed by atoms with Crippen molar-refractivity contribution in [2.75, 3.05) is 20.2 Å². The molecule has 0 spiro atoms. The summed E-state index contributed by atoms with van der Waals surface area (Å²) >= 11 is 0. The summed E-state index contributed by atoms with van der Waals surface area (Å²) in [6.07, 6.45) is 5.52. The average Bonchev–Trinajstić information content (AvgIpc) is 3.10. The molecule has 6 nitrogen and oxygen atoms in total. The van der Waals surface area contributed by atoms with Crippen molar-refractivity contribution >= 4 is 10.0 Å². The second kappa shape index (κ2) is 7.17. The fourth-order valence-corrected chi connectivity index (χ4v) is 5.11. The van der Waals surface area contributed by atoms with E-state index in [0.717, 1.165) is 30.8 Å². The lowest BCUT2D eigenvalue weighted by atomic mass is 9.99. The third-order valence-electron chi connectivity index (χ3n) is 4.77. The van der Waals surface area contributed by atoms with Crippen molar-refractivity contribution in [1.82, 2.24) is 13.9 Å². The molecule has 0 aliphatic carbocycles. The monoisotopic (exact) mass is 363 g/mol. The molecule has 3 rings (SSSR count). The Labute approximate surface area is 149 Å². The van der Waals surface area contributed by atoms with Gasteiger partial charge in [0, 0.05) is 37.9 Å². The zero-order chi connectivity index (χ0) is 18.0. The summed E-state index contributed by atoms with van der Waals surface area (Å²) in [5.74, 6) is 1.49. The van der Waals surface area contributed by atoms with Gasteiger partial charge in [0.2, 0.25) is 10.0 Å². The molecule has 1 aromatic heterocycles. The molecule has 0 saturated carbocycles. The number of rotatable bonds is 5. The quantitative estimate of drug-likeness (QED) is 0.819. The number of methoxy groups -OCH3 is 1. The lowest BCUT2D eigenvalue weighted by molar-refractivity contribution is 0.303. The van der Waals surface area contributed by atoms with E-state index in [0.29, 0.717) is 18.8 Å². The number of ether oxygens (including phenoxy) is 1. The number of hydrogen-bond acceptors (Lipinski definition) is 4. The molecule has 0 N–H and O–H groups in total. The molecule has 1 atom stereocenters. The Morgan fingerprint density at radius 1 is 1.36 bits per heavy atom. The highest BCUT2D eigenvalue weighted by Crippen LogP contribution is 2.33. The molecule has 1 aliphatic heterocycles. The maximum Gasteiger partial charge on any atom is 0.246 e. The summed E-state index contributed by atoms with van der Waals surface area (Å²) < 4.78 is 35.3.